The van der Waals surface area contributed by atoms with E-state index in [-0.39, 0.29) is 6.79 Å². The van der Waals surface area contributed by atoms with Crippen LogP contribution >= 0.6 is 0 Å². The fourth-order valence-corrected chi connectivity index (χ4v) is 2.65. The van der Waals surface area contributed by atoms with Crippen LogP contribution in [0.2, 0.25) is 0 Å². The largest absolute Gasteiger partial charge is 0.454 e. The van der Waals surface area contributed by atoms with Crippen LogP contribution in [0.1, 0.15) is 29.7 Å². The van der Waals surface area contributed by atoms with E-state index in [4.69, 9.17) is 9.47 Å². The van der Waals surface area contributed by atoms with E-state index in [1.54, 1.807) is 0 Å². The highest BCUT2D eigenvalue weighted by atomic mass is 16.7. The zero-order valence-electron chi connectivity index (χ0n) is 15.2. The van der Waals surface area contributed by atoms with Gasteiger partial charge in [0.05, 0.1) is 12.6 Å². The number of ether oxygens (including phenoxy) is 2. The van der Waals surface area contributed by atoms with Crippen LogP contribution in [0.4, 0.5) is 0 Å². The SMILES string of the molecule is CCNC(=NCc1ccc2c(c1)OCO2)NCC(O)c1ccc(C)cc1. The standard InChI is InChI=1S/C20H25N3O3/c1-3-21-20(23-12-17(24)16-7-4-14(2)5-8-16)22-11-15-6-9-18-19(10-15)26-13-25-18/h4-10,17,24H,3,11-13H2,1-2H3,(H2,21,22,23). The van der Waals surface area contributed by atoms with E-state index in [0.717, 1.165) is 29.2 Å². The molecule has 0 spiro atoms. The monoisotopic (exact) mass is 355 g/mol. The molecule has 1 aliphatic rings. The summed E-state index contributed by atoms with van der Waals surface area (Å²) in [5.41, 5.74) is 3.09. The van der Waals surface area contributed by atoms with Gasteiger partial charge in [-0.1, -0.05) is 35.9 Å². The molecule has 0 amide bonds. The molecule has 3 N–H and O–H groups in total. The van der Waals surface area contributed by atoms with Gasteiger partial charge in [0.2, 0.25) is 6.79 Å². The molecule has 0 aromatic heterocycles. The van der Waals surface area contributed by atoms with Gasteiger partial charge in [0.25, 0.3) is 0 Å². The fourth-order valence-electron chi connectivity index (χ4n) is 2.65. The first-order valence-corrected chi connectivity index (χ1v) is 8.81. The molecule has 26 heavy (non-hydrogen) atoms. The molecule has 2 aromatic carbocycles. The van der Waals surface area contributed by atoms with Crippen LogP contribution in [0.25, 0.3) is 0 Å². The maximum absolute atomic E-state index is 10.3. The zero-order valence-corrected chi connectivity index (χ0v) is 15.2. The first-order valence-electron chi connectivity index (χ1n) is 8.81. The Morgan fingerprint density at radius 3 is 2.65 bits per heavy atom. The number of hydrogen-bond donors (Lipinski definition) is 3. The third-order valence-corrected chi connectivity index (χ3v) is 4.13. The highest BCUT2D eigenvalue weighted by Crippen LogP contribution is 2.32. The summed E-state index contributed by atoms with van der Waals surface area (Å²) in [7, 11) is 0. The van der Waals surface area contributed by atoms with E-state index in [9.17, 15) is 5.11 Å². The molecule has 1 unspecified atom stereocenters. The summed E-state index contributed by atoms with van der Waals surface area (Å²) in [4.78, 5) is 4.58. The van der Waals surface area contributed by atoms with E-state index < -0.39 is 6.10 Å². The normalized spacial score (nSPS) is 14.2. The van der Waals surface area contributed by atoms with Crippen molar-refractivity contribution in [2.24, 2.45) is 4.99 Å². The number of hydrogen-bond acceptors (Lipinski definition) is 4. The number of aliphatic hydroxyl groups is 1. The van der Waals surface area contributed by atoms with E-state index >= 15 is 0 Å². The molecular weight excluding hydrogens is 330 g/mol. The van der Waals surface area contributed by atoms with Crippen molar-refractivity contribution in [2.45, 2.75) is 26.5 Å². The van der Waals surface area contributed by atoms with Crippen molar-refractivity contribution in [1.82, 2.24) is 10.6 Å². The van der Waals surface area contributed by atoms with Crippen LogP contribution < -0.4 is 20.1 Å². The summed E-state index contributed by atoms with van der Waals surface area (Å²) < 4.78 is 10.7. The minimum atomic E-state index is -0.593. The average molecular weight is 355 g/mol. The van der Waals surface area contributed by atoms with Gasteiger partial charge in [-0.25, -0.2) is 4.99 Å². The van der Waals surface area contributed by atoms with Gasteiger partial charge in [-0.15, -0.1) is 0 Å². The van der Waals surface area contributed by atoms with Crippen LogP contribution in [0.3, 0.4) is 0 Å². The Morgan fingerprint density at radius 2 is 1.88 bits per heavy atom. The summed E-state index contributed by atoms with van der Waals surface area (Å²) in [6.07, 6.45) is -0.593. The van der Waals surface area contributed by atoms with E-state index in [0.29, 0.717) is 19.0 Å². The minimum absolute atomic E-state index is 0.267. The Hall–Kier alpha value is -2.73. The van der Waals surface area contributed by atoms with E-state index in [2.05, 4.69) is 15.6 Å². The number of aliphatic imine (C=N–C) groups is 1. The van der Waals surface area contributed by atoms with Gasteiger partial charge < -0.3 is 25.2 Å². The molecular formula is C20H25N3O3. The van der Waals surface area contributed by atoms with Crippen molar-refractivity contribution in [3.63, 3.8) is 0 Å². The zero-order chi connectivity index (χ0) is 18.4. The number of benzene rings is 2. The van der Waals surface area contributed by atoms with Crippen molar-refractivity contribution in [1.29, 1.82) is 0 Å². The second-order valence-electron chi connectivity index (χ2n) is 6.19. The van der Waals surface area contributed by atoms with Crippen LogP contribution in [0, 0.1) is 6.92 Å². The molecule has 1 atom stereocenters. The third kappa shape index (κ3) is 4.67. The lowest BCUT2D eigenvalue weighted by Crippen LogP contribution is -2.39. The first-order chi connectivity index (χ1) is 12.7. The lowest BCUT2D eigenvalue weighted by Gasteiger charge is -2.16. The molecule has 1 aliphatic heterocycles. The van der Waals surface area contributed by atoms with Crippen molar-refractivity contribution in [3.8, 4) is 11.5 Å². The molecule has 0 aliphatic carbocycles. The number of aryl methyl sites for hydroxylation is 1. The molecule has 0 saturated heterocycles. The van der Waals surface area contributed by atoms with Crippen molar-refractivity contribution in [3.05, 3.63) is 59.2 Å². The molecule has 138 valence electrons. The maximum Gasteiger partial charge on any atom is 0.231 e. The lowest BCUT2D eigenvalue weighted by atomic mass is 10.1. The lowest BCUT2D eigenvalue weighted by molar-refractivity contribution is 0.174. The predicted molar refractivity (Wildman–Crippen MR) is 102 cm³/mol. The Bertz CT molecular complexity index is 759. The number of rotatable bonds is 6. The molecule has 0 bridgehead atoms. The topological polar surface area (TPSA) is 75.1 Å². The van der Waals surface area contributed by atoms with E-state index in [1.807, 2.05) is 56.3 Å². The van der Waals surface area contributed by atoms with Crippen LogP contribution in [0.15, 0.2) is 47.5 Å². The van der Waals surface area contributed by atoms with Crippen molar-refractivity contribution >= 4 is 5.96 Å². The predicted octanol–water partition coefficient (Wildman–Crippen LogP) is 2.51. The Kier molecular flexibility index (Phi) is 5.96. The second-order valence-corrected chi connectivity index (χ2v) is 6.19. The Balaban J connectivity index is 1.59. The van der Waals surface area contributed by atoms with Crippen LogP contribution in [0.5, 0.6) is 11.5 Å². The average Bonchev–Trinajstić information content (AvgIpc) is 3.12. The highest BCUT2D eigenvalue weighted by molar-refractivity contribution is 5.79. The summed E-state index contributed by atoms with van der Waals surface area (Å²) in [6.45, 7) is 5.94. The minimum Gasteiger partial charge on any atom is -0.454 e. The fraction of sp³-hybridized carbons (Fsp3) is 0.350. The first kappa shape index (κ1) is 18.1. The van der Waals surface area contributed by atoms with Gasteiger partial charge >= 0.3 is 0 Å². The maximum atomic E-state index is 10.3. The molecule has 0 radical (unpaired) electrons. The van der Waals surface area contributed by atoms with Gasteiger partial charge in [0.1, 0.15) is 0 Å². The van der Waals surface area contributed by atoms with Gasteiger partial charge in [-0.2, -0.15) is 0 Å². The number of guanidine groups is 1. The molecule has 1 heterocycles. The van der Waals surface area contributed by atoms with Crippen molar-refractivity contribution in [2.75, 3.05) is 19.9 Å². The highest BCUT2D eigenvalue weighted by Gasteiger charge is 2.13. The molecule has 6 heteroatoms. The number of aliphatic hydroxyl groups excluding tert-OH is 1. The van der Waals surface area contributed by atoms with Crippen molar-refractivity contribution < 1.29 is 14.6 Å². The van der Waals surface area contributed by atoms with E-state index in [1.165, 1.54) is 5.56 Å². The van der Waals surface area contributed by atoms with Crippen LogP contribution in [-0.4, -0.2) is 30.9 Å². The smallest absolute Gasteiger partial charge is 0.231 e. The summed E-state index contributed by atoms with van der Waals surface area (Å²) >= 11 is 0. The molecule has 0 fully saturated rings. The van der Waals surface area contributed by atoms with Gasteiger partial charge in [0, 0.05) is 13.1 Å². The molecule has 0 saturated carbocycles. The number of nitrogens with one attached hydrogen (secondary N) is 2. The second kappa shape index (κ2) is 8.58. The molecule has 2 aromatic rings. The Labute approximate surface area is 153 Å². The van der Waals surface area contributed by atoms with Gasteiger partial charge in [-0.05, 0) is 37.1 Å². The third-order valence-electron chi connectivity index (χ3n) is 4.13. The quantitative estimate of drug-likeness (QED) is 0.548. The number of fused-ring (bicyclic) bond motifs is 1. The summed E-state index contributed by atoms with van der Waals surface area (Å²) in [6, 6.07) is 13.7. The van der Waals surface area contributed by atoms with Gasteiger partial charge in [0.15, 0.2) is 17.5 Å². The Morgan fingerprint density at radius 1 is 1.12 bits per heavy atom. The van der Waals surface area contributed by atoms with Crippen LogP contribution in [-0.2, 0) is 6.54 Å². The van der Waals surface area contributed by atoms with Gasteiger partial charge in [-0.3, -0.25) is 0 Å². The summed E-state index contributed by atoms with van der Waals surface area (Å²) in [5.74, 6) is 2.19. The molecule has 3 rings (SSSR count). The number of nitrogens with zero attached hydrogens (tertiary/aromatic N) is 1. The summed E-state index contributed by atoms with van der Waals surface area (Å²) in [5, 5.41) is 16.7. The molecule has 6 nitrogen and oxygen atoms in total.